The van der Waals surface area contributed by atoms with Gasteiger partial charge in [-0.3, -0.25) is 4.79 Å². The number of carbonyl (C=O) groups is 1. The van der Waals surface area contributed by atoms with Crippen molar-refractivity contribution in [3.8, 4) is 0 Å². The number of carbonyl (C=O) groups excluding carboxylic acids is 1. The number of likely N-dealkylation sites (N-methyl/N-ethyl adjacent to an activating group) is 1. The average Bonchev–Trinajstić information content (AvgIpc) is 2.80. The molecule has 0 saturated heterocycles. The van der Waals surface area contributed by atoms with Crippen LogP contribution >= 0.6 is 11.3 Å². The summed E-state index contributed by atoms with van der Waals surface area (Å²) in [5.41, 5.74) is 3.29. The van der Waals surface area contributed by atoms with Crippen molar-refractivity contribution in [2.75, 3.05) is 25.0 Å². The van der Waals surface area contributed by atoms with E-state index in [0.717, 1.165) is 35.1 Å². The summed E-state index contributed by atoms with van der Waals surface area (Å²) in [5.74, 6) is 0.669. The number of hydrogen-bond acceptors (Lipinski definition) is 4. The van der Waals surface area contributed by atoms with E-state index in [1.807, 2.05) is 17.9 Å². The number of anilines is 1. The minimum absolute atomic E-state index is 0.116. The van der Waals surface area contributed by atoms with Crippen LogP contribution in [0.25, 0.3) is 0 Å². The number of benzene rings is 1. The Morgan fingerprint density at radius 1 is 1.29 bits per heavy atom. The first-order valence-corrected chi connectivity index (χ1v) is 9.32. The molecule has 128 valence electrons. The van der Waals surface area contributed by atoms with Crippen LogP contribution in [-0.4, -0.2) is 35.9 Å². The minimum Gasteiger partial charge on any atom is -0.373 e. The number of hydrogen-bond donors (Lipinski definition) is 0. The van der Waals surface area contributed by atoms with Gasteiger partial charge in [0.1, 0.15) is 4.88 Å². The van der Waals surface area contributed by atoms with Gasteiger partial charge in [0.25, 0.3) is 5.91 Å². The highest BCUT2D eigenvalue weighted by Crippen LogP contribution is 2.27. The molecule has 0 spiro atoms. The molecule has 2 heterocycles. The fraction of sp³-hybridized carbons (Fsp3) is 0.474. The van der Waals surface area contributed by atoms with E-state index in [4.69, 9.17) is 0 Å². The third-order valence-corrected chi connectivity index (χ3v) is 5.54. The second-order valence-corrected chi connectivity index (χ2v) is 7.98. The molecule has 0 bridgehead atoms. The van der Waals surface area contributed by atoms with Gasteiger partial charge in [0, 0.05) is 38.8 Å². The number of para-hydroxylation sites is 1. The van der Waals surface area contributed by atoms with Crippen molar-refractivity contribution in [3.63, 3.8) is 0 Å². The molecule has 1 aliphatic heterocycles. The summed E-state index contributed by atoms with van der Waals surface area (Å²) in [5, 5.41) is 1.07. The maximum absolute atomic E-state index is 13.1. The van der Waals surface area contributed by atoms with Crippen LogP contribution in [0.4, 0.5) is 5.69 Å². The van der Waals surface area contributed by atoms with Crippen LogP contribution in [0.3, 0.4) is 0 Å². The van der Waals surface area contributed by atoms with E-state index in [9.17, 15) is 4.79 Å². The lowest BCUT2D eigenvalue weighted by Gasteiger charge is -2.20. The first kappa shape index (κ1) is 17.0. The summed E-state index contributed by atoms with van der Waals surface area (Å²) in [6.07, 6.45) is 0.935. The Balaban J connectivity index is 1.84. The first-order valence-electron chi connectivity index (χ1n) is 8.50. The smallest absolute Gasteiger partial charge is 0.266 e. The summed E-state index contributed by atoms with van der Waals surface area (Å²) in [4.78, 5) is 22.7. The molecule has 4 nitrogen and oxygen atoms in total. The Morgan fingerprint density at radius 2 is 2.04 bits per heavy atom. The zero-order valence-electron chi connectivity index (χ0n) is 14.9. The molecule has 0 radical (unpaired) electrons. The topological polar surface area (TPSA) is 36.4 Å². The van der Waals surface area contributed by atoms with Crippen molar-refractivity contribution >= 4 is 22.9 Å². The Kier molecular flexibility index (Phi) is 4.90. The SMILES string of the molecule is Cc1nc(CC(C)C)sc1C(=O)N1CCN(C)c2ccccc2C1. The third kappa shape index (κ3) is 3.46. The maximum atomic E-state index is 13.1. The van der Waals surface area contributed by atoms with E-state index in [2.05, 4.69) is 49.0 Å². The lowest BCUT2D eigenvalue weighted by Crippen LogP contribution is -2.34. The molecule has 5 heteroatoms. The highest BCUT2D eigenvalue weighted by atomic mass is 32.1. The number of fused-ring (bicyclic) bond motifs is 1. The van der Waals surface area contributed by atoms with Gasteiger partial charge in [-0.15, -0.1) is 11.3 Å². The van der Waals surface area contributed by atoms with E-state index < -0.39 is 0 Å². The van der Waals surface area contributed by atoms with Crippen LogP contribution in [0.1, 0.15) is 39.8 Å². The molecule has 1 aromatic heterocycles. The fourth-order valence-electron chi connectivity index (χ4n) is 3.10. The van der Waals surface area contributed by atoms with Crippen LogP contribution in [-0.2, 0) is 13.0 Å². The monoisotopic (exact) mass is 343 g/mol. The third-order valence-electron chi connectivity index (χ3n) is 4.37. The molecule has 24 heavy (non-hydrogen) atoms. The number of aromatic nitrogens is 1. The number of nitrogens with zero attached hydrogens (tertiary/aromatic N) is 3. The van der Waals surface area contributed by atoms with Crippen molar-refractivity contribution in [2.24, 2.45) is 5.92 Å². The number of amides is 1. The van der Waals surface area contributed by atoms with Crippen molar-refractivity contribution in [2.45, 2.75) is 33.7 Å². The van der Waals surface area contributed by atoms with Gasteiger partial charge in [-0.05, 0) is 24.5 Å². The molecule has 2 aromatic rings. The van der Waals surface area contributed by atoms with Gasteiger partial charge in [0.15, 0.2) is 0 Å². The van der Waals surface area contributed by atoms with E-state index in [1.54, 1.807) is 11.3 Å². The van der Waals surface area contributed by atoms with E-state index in [0.29, 0.717) is 12.5 Å². The molecule has 0 aliphatic carbocycles. The van der Waals surface area contributed by atoms with Crippen LogP contribution in [0.2, 0.25) is 0 Å². The molecular weight excluding hydrogens is 318 g/mol. The minimum atomic E-state index is 0.116. The molecule has 0 atom stereocenters. The van der Waals surface area contributed by atoms with Gasteiger partial charge in [0.2, 0.25) is 0 Å². The molecule has 1 aromatic carbocycles. The zero-order chi connectivity index (χ0) is 17.3. The summed E-state index contributed by atoms with van der Waals surface area (Å²) < 4.78 is 0. The quantitative estimate of drug-likeness (QED) is 0.852. The predicted molar refractivity (Wildman–Crippen MR) is 99.8 cm³/mol. The molecule has 3 rings (SSSR count). The normalized spacial score (nSPS) is 14.7. The van der Waals surface area contributed by atoms with Crippen molar-refractivity contribution in [1.82, 2.24) is 9.88 Å². The number of thiazole rings is 1. The number of rotatable bonds is 3. The first-order chi connectivity index (χ1) is 11.5. The molecule has 0 unspecified atom stereocenters. The highest BCUT2D eigenvalue weighted by Gasteiger charge is 2.25. The Hall–Kier alpha value is -1.88. The molecular formula is C19H25N3OS. The van der Waals surface area contributed by atoms with Gasteiger partial charge < -0.3 is 9.80 Å². The lowest BCUT2D eigenvalue weighted by atomic mass is 10.1. The van der Waals surface area contributed by atoms with Crippen LogP contribution in [0.15, 0.2) is 24.3 Å². The molecule has 1 amide bonds. The summed E-state index contributed by atoms with van der Waals surface area (Å²) in [6.45, 7) is 8.56. The van der Waals surface area contributed by atoms with Gasteiger partial charge >= 0.3 is 0 Å². The van der Waals surface area contributed by atoms with Crippen LogP contribution in [0.5, 0.6) is 0 Å². The Labute approximate surface area is 148 Å². The van der Waals surface area contributed by atoms with Crippen LogP contribution in [0, 0.1) is 12.8 Å². The van der Waals surface area contributed by atoms with E-state index >= 15 is 0 Å². The summed E-state index contributed by atoms with van der Waals surface area (Å²) >= 11 is 1.56. The van der Waals surface area contributed by atoms with Gasteiger partial charge in [-0.25, -0.2) is 4.98 Å². The standard InChI is InChI=1S/C19H25N3OS/c1-13(2)11-17-20-14(3)18(24-17)19(23)22-10-9-21(4)16-8-6-5-7-15(16)12-22/h5-8,13H,9-12H2,1-4H3. The van der Waals surface area contributed by atoms with Gasteiger partial charge in [-0.1, -0.05) is 32.0 Å². The number of aryl methyl sites for hydroxylation is 1. The molecule has 0 fully saturated rings. The van der Waals surface area contributed by atoms with Gasteiger partial charge in [0.05, 0.1) is 10.7 Å². The largest absolute Gasteiger partial charge is 0.373 e. The average molecular weight is 343 g/mol. The molecule has 1 aliphatic rings. The van der Waals surface area contributed by atoms with Crippen molar-refractivity contribution in [3.05, 3.63) is 45.4 Å². The second kappa shape index (κ2) is 6.93. The highest BCUT2D eigenvalue weighted by molar-refractivity contribution is 7.13. The van der Waals surface area contributed by atoms with Gasteiger partial charge in [-0.2, -0.15) is 0 Å². The molecule has 0 saturated carbocycles. The Morgan fingerprint density at radius 3 is 2.79 bits per heavy atom. The molecule has 0 N–H and O–H groups in total. The van der Waals surface area contributed by atoms with E-state index in [1.165, 1.54) is 11.3 Å². The van der Waals surface area contributed by atoms with E-state index in [-0.39, 0.29) is 5.91 Å². The lowest BCUT2D eigenvalue weighted by molar-refractivity contribution is 0.0755. The maximum Gasteiger partial charge on any atom is 0.266 e. The summed E-state index contributed by atoms with van der Waals surface area (Å²) in [6, 6.07) is 8.33. The zero-order valence-corrected chi connectivity index (χ0v) is 15.7. The van der Waals surface area contributed by atoms with Crippen molar-refractivity contribution in [1.29, 1.82) is 0 Å². The fourth-order valence-corrected chi connectivity index (χ4v) is 4.34. The van der Waals surface area contributed by atoms with Crippen molar-refractivity contribution < 1.29 is 4.79 Å². The summed E-state index contributed by atoms with van der Waals surface area (Å²) in [7, 11) is 2.09. The Bertz CT molecular complexity index is 738. The van der Waals surface area contributed by atoms with Crippen LogP contribution < -0.4 is 4.90 Å². The second-order valence-electron chi connectivity index (χ2n) is 6.90. The predicted octanol–water partition coefficient (Wildman–Crippen LogP) is 3.74.